The topological polar surface area (TPSA) is 85.2 Å². The van der Waals surface area contributed by atoms with Crippen LogP contribution in [0.25, 0.3) is 0 Å². The number of ether oxygens (including phenoxy) is 3. The number of aldehydes is 1. The van der Waals surface area contributed by atoms with Crippen molar-refractivity contribution < 1.29 is 29.2 Å². The van der Waals surface area contributed by atoms with Gasteiger partial charge in [-0.15, -0.1) is 0 Å². The van der Waals surface area contributed by atoms with E-state index in [0.717, 1.165) is 12.7 Å². The van der Waals surface area contributed by atoms with Gasteiger partial charge in [-0.3, -0.25) is 0 Å². The van der Waals surface area contributed by atoms with E-state index in [0.29, 0.717) is 12.3 Å². The minimum Gasteiger partial charge on any atom is -0.390 e. The van der Waals surface area contributed by atoms with Gasteiger partial charge in [0, 0.05) is 26.1 Å². The highest BCUT2D eigenvalue weighted by atomic mass is 16.6. The number of hydrogen-bond donors (Lipinski definition) is 2. The second kappa shape index (κ2) is 12.8. The summed E-state index contributed by atoms with van der Waals surface area (Å²) in [6.45, 7) is 11.8. The summed E-state index contributed by atoms with van der Waals surface area (Å²) in [5, 5.41) is 19.2. The highest BCUT2D eigenvalue weighted by Gasteiger charge is 2.39. The molecule has 0 aromatic carbocycles. The quantitative estimate of drug-likeness (QED) is 0.634. The first kappa shape index (κ1) is 25.5. The third-order valence-electron chi connectivity index (χ3n) is 5.78. The Kier molecular flexibility index (Phi) is 12.5. The SMILES string of the molecule is CCC(O)[C@@H](OC)[C@H](C)C(C)C=O.CCC1O[C@H](O)C(C)[C@@H](C)[C@@H]1OC. The van der Waals surface area contributed by atoms with Crippen LogP contribution in [0.15, 0.2) is 0 Å². The summed E-state index contributed by atoms with van der Waals surface area (Å²) >= 11 is 0. The molecular formula is C20H40O6. The normalized spacial score (nSPS) is 33.4. The van der Waals surface area contributed by atoms with Gasteiger partial charge in [0.05, 0.1) is 24.4 Å². The molecule has 1 heterocycles. The number of carbonyl (C=O) groups is 1. The second-order valence-electron chi connectivity index (χ2n) is 7.42. The zero-order valence-electron chi connectivity index (χ0n) is 17.7. The van der Waals surface area contributed by atoms with Gasteiger partial charge in [-0.25, -0.2) is 0 Å². The predicted molar refractivity (Wildman–Crippen MR) is 102 cm³/mol. The minimum atomic E-state index is -0.633. The van der Waals surface area contributed by atoms with E-state index in [1.54, 1.807) is 14.2 Å². The molecule has 156 valence electrons. The fourth-order valence-electron chi connectivity index (χ4n) is 3.35. The molecule has 6 heteroatoms. The average molecular weight is 377 g/mol. The number of carbonyl (C=O) groups excluding carboxylic acids is 1. The Balaban J connectivity index is 0.000000481. The molecule has 0 aromatic rings. The molecule has 0 amide bonds. The van der Waals surface area contributed by atoms with Crippen LogP contribution in [0.4, 0.5) is 0 Å². The molecule has 26 heavy (non-hydrogen) atoms. The Hall–Kier alpha value is -0.530. The lowest BCUT2D eigenvalue weighted by Gasteiger charge is -2.41. The first-order valence-corrected chi connectivity index (χ1v) is 9.72. The van der Waals surface area contributed by atoms with Crippen molar-refractivity contribution in [3.8, 4) is 0 Å². The molecule has 2 N–H and O–H groups in total. The van der Waals surface area contributed by atoms with Crippen LogP contribution in [0.1, 0.15) is 54.4 Å². The maximum atomic E-state index is 10.5. The molecular weight excluding hydrogens is 336 g/mol. The molecule has 1 aliphatic rings. The summed E-state index contributed by atoms with van der Waals surface area (Å²) in [5.74, 6) is 0.468. The molecule has 0 aromatic heterocycles. The van der Waals surface area contributed by atoms with Gasteiger partial charge in [0.25, 0.3) is 0 Å². The van der Waals surface area contributed by atoms with Gasteiger partial charge in [-0.1, -0.05) is 41.5 Å². The Morgan fingerprint density at radius 2 is 1.73 bits per heavy atom. The summed E-state index contributed by atoms with van der Waals surface area (Å²) in [4.78, 5) is 10.5. The van der Waals surface area contributed by atoms with Crippen molar-refractivity contribution in [3.63, 3.8) is 0 Å². The number of aliphatic hydroxyl groups is 2. The second-order valence-corrected chi connectivity index (χ2v) is 7.42. The van der Waals surface area contributed by atoms with E-state index in [4.69, 9.17) is 14.2 Å². The molecule has 0 bridgehead atoms. The molecule has 0 radical (unpaired) electrons. The van der Waals surface area contributed by atoms with Crippen LogP contribution in [0.3, 0.4) is 0 Å². The molecule has 1 rings (SSSR count). The zero-order valence-corrected chi connectivity index (χ0v) is 17.7. The highest BCUT2D eigenvalue weighted by Crippen LogP contribution is 2.32. The lowest BCUT2D eigenvalue weighted by molar-refractivity contribution is -0.248. The maximum absolute atomic E-state index is 10.5. The van der Waals surface area contributed by atoms with E-state index in [1.807, 2.05) is 34.6 Å². The van der Waals surface area contributed by atoms with E-state index in [1.165, 1.54) is 0 Å². The fraction of sp³-hybridized carbons (Fsp3) is 0.950. The van der Waals surface area contributed by atoms with Crippen LogP contribution in [0.2, 0.25) is 0 Å². The van der Waals surface area contributed by atoms with Crippen molar-refractivity contribution in [1.82, 2.24) is 0 Å². The van der Waals surface area contributed by atoms with Crippen molar-refractivity contribution in [2.45, 2.75) is 85.1 Å². The van der Waals surface area contributed by atoms with Crippen molar-refractivity contribution in [2.75, 3.05) is 14.2 Å². The van der Waals surface area contributed by atoms with E-state index in [9.17, 15) is 15.0 Å². The predicted octanol–water partition coefficient (Wildman–Crippen LogP) is 2.64. The van der Waals surface area contributed by atoms with E-state index in [-0.39, 0.29) is 36.1 Å². The number of aliphatic hydroxyl groups excluding tert-OH is 2. The van der Waals surface area contributed by atoms with Gasteiger partial charge in [-0.2, -0.15) is 0 Å². The molecule has 0 aliphatic carbocycles. The van der Waals surface area contributed by atoms with Crippen LogP contribution in [-0.2, 0) is 19.0 Å². The first-order valence-electron chi connectivity index (χ1n) is 9.72. The molecule has 0 saturated carbocycles. The monoisotopic (exact) mass is 376 g/mol. The third-order valence-corrected chi connectivity index (χ3v) is 5.78. The summed E-state index contributed by atoms with van der Waals surface area (Å²) < 4.78 is 16.0. The Morgan fingerprint density at radius 1 is 1.15 bits per heavy atom. The summed E-state index contributed by atoms with van der Waals surface area (Å²) in [6.07, 6.45) is 1.22. The average Bonchev–Trinajstić information content (AvgIpc) is 2.65. The van der Waals surface area contributed by atoms with Crippen LogP contribution < -0.4 is 0 Å². The highest BCUT2D eigenvalue weighted by molar-refractivity contribution is 5.53. The molecule has 9 atom stereocenters. The van der Waals surface area contributed by atoms with Crippen LogP contribution >= 0.6 is 0 Å². The Bertz CT molecular complexity index is 375. The lowest BCUT2D eigenvalue weighted by Crippen LogP contribution is -2.49. The zero-order chi connectivity index (χ0) is 20.4. The van der Waals surface area contributed by atoms with Gasteiger partial charge in [0.15, 0.2) is 6.29 Å². The minimum absolute atomic E-state index is 0.0335. The first-order chi connectivity index (χ1) is 12.2. The van der Waals surface area contributed by atoms with Gasteiger partial charge < -0.3 is 29.2 Å². The standard InChI is InChI=1S/2C10H20O3/c1-5-8-9(12-4)6(2)7(3)10(11)13-8;1-5-9(12)10(13-4)8(3)7(2)6-11/h6-11H,5H2,1-4H3;6-10,12H,5H2,1-4H3/t6-,7?,8?,9+,10+;7?,8-,9?,10+/m11/s1. The Morgan fingerprint density at radius 3 is 2.12 bits per heavy atom. The number of methoxy groups -OCH3 is 2. The molecule has 1 aliphatic heterocycles. The smallest absolute Gasteiger partial charge is 0.157 e. The molecule has 1 saturated heterocycles. The summed E-state index contributed by atoms with van der Waals surface area (Å²) in [5.41, 5.74) is 0. The van der Waals surface area contributed by atoms with Gasteiger partial charge in [-0.05, 0) is 24.7 Å². The third kappa shape index (κ3) is 6.89. The van der Waals surface area contributed by atoms with Crippen molar-refractivity contribution in [3.05, 3.63) is 0 Å². The number of hydrogen-bond acceptors (Lipinski definition) is 6. The molecule has 1 fully saturated rings. The van der Waals surface area contributed by atoms with Crippen LogP contribution in [0, 0.1) is 23.7 Å². The van der Waals surface area contributed by atoms with E-state index >= 15 is 0 Å². The molecule has 0 spiro atoms. The van der Waals surface area contributed by atoms with Gasteiger partial charge in [0.1, 0.15) is 6.29 Å². The number of rotatable bonds is 8. The van der Waals surface area contributed by atoms with Crippen molar-refractivity contribution in [2.24, 2.45) is 23.7 Å². The van der Waals surface area contributed by atoms with E-state index in [2.05, 4.69) is 6.92 Å². The lowest BCUT2D eigenvalue weighted by atomic mass is 9.84. The summed E-state index contributed by atoms with van der Waals surface area (Å²) in [6, 6.07) is 0. The van der Waals surface area contributed by atoms with Gasteiger partial charge in [0.2, 0.25) is 0 Å². The van der Waals surface area contributed by atoms with Crippen LogP contribution in [-0.4, -0.2) is 61.4 Å². The Labute approximate surface area is 159 Å². The van der Waals surface area contributed by atoms with Crippen LogP contribution in [0.5, 0.6) is 0 Å². The fourth-order valence-corrected chi connectivity index (χ4v) is 3.35. The largest absolute Gasteiger partial charge is 0.390 e. The maximum Gasteiger partial charge on any atom is 0.157 e. The molecule has 4 unspecified atom stereocenters. The van der Waals surface area contributed by atoms with Crippen molar-refractivity contribution >= 4 is 6.29 Å². The van der Waals surface area contributed by atoms with Crippen molar-refractivity contribution in [1.29, 1.82) is 0 Å². The molecule has 6 nitrogen and oxygen atoms in total. The van der Waals surface area contributed by atoms with E-state index < -0.39 is 12.4 Å². The summed E-state index contributed by atoms with van der Waals surface area (Å²) in [7, 11) is 3.27. The van der Waals surface area contributed by atoms with Gasteiger partial charge >= 0.3 is 0 Å².